The van der Waals surface area contributed by atoms with Crippen LogP contribution < -0.4 is 0 Å². The van der Waals surface area contributed by atoms with E-state index >= 15 is 0 Å². The molecule has 0 saturated carbocycles. The van der Waals surface area contributed by atoms with Crippen LogP contribution in [-0.2, 0) is 77.0 Å². The number of allylic oxidation sites excluding steroid dienone is 4. The van der Waals surface area contributed by atoms with E-state index in [1.54, 1.807) is 6.92 Å². The van der Waals surface area contributed by atoms with Crippen LogP contribution in [0.3, 0.4) is 0 Å². The molecule has 11 heterocycles. The van der Waals surface area contributed by atoms with Gasteiger partial charge in [0.25, 0.3) is 0 Å². The van der Waals surface area contributed by atoms with E-state index in [1.165, 1.54) is 55.7 Å². The van der Waals surface area contributed by atoms with Crippen molar-refractivity contribution in [3.05, 3.63) is 182 Å². The van der Waals surface area contributed by atoms with Crippen molar-refractivity contribution in [3.63, 3.8) is 0 Å². The number of aldehydes is 2. The SMILES string of the molecule is CCC1=C(C)c2nc1cc1[nH]c(cc3[nH]c(cc4[nH]c(cc5nc2C(C)=C5CC)c(CC)c4CC)c(CCCO)c3C)c(CCCO)c1C.CCc1c(C=O)[nH]c(-c2[nH]c(C=O)c(CC)c2C)c1C.CCc1c(Cc2[nH]c(Cc3[nH]c(C(=O)O)c(C)c3CCCO)c(C)c2CCCO)[nH]c(C(=O)O)c1CC. The molecule has 0 aromatic carbocycles. The molecule has 0 radical (unpaired) electrons. The molecule has 2 aliphatic rings. The first-order chi connectivity index (χ1) is 50.9. The normalized spacial score (nSPS) is 12.2. The number of carbonyl (C=O) groups excluding carboxylic acids is 2. The molecule has 0 saturated heterocycles. The van der Waals surface area contributed by atoms with Crippen LogP contribution >= 0.6 is 0 Å². The van der Waals surface area contributed by atoms with Gasteiger partial charge in [-0.3, -0.25) is 9.59 Å². The predicted octanol–water partition coefficient (Wildman–Crippen LogP) is 16.8. The van der Waals surface area contributed by atoms with Crippen LogP contribution in [0.1, 0.15) is 284 Å². The summed E-state index contributed by atoms with van der Waals surface area (Å²) in [5, 5.41) is 57.8. The van der Waals surface area contributed by atoms with E-state index in [-0.39, 0.29) is 37.8 Å². The van der Waals surface area contributed by atoms with Crippen LogP contribution in [0.5, 0.6) is 0 Å². The second-order valence-corrected chi connectivity index (χ2v) is 28.1. The summed E-state index contributed by atoms with van der Waals surface area (Å²) < 4.78 is 0. The average molecular weight is 1450 g/mol. The summed E-state index contributed by atoms with van der Waals surface area (Å²) in [4.78, 5) is 84.1. The molecule has 9 aromatic heterocycles. The van der Waals surface area contributed by atoms with Crippen LogP contribution in [0.25, 0.3) is 66.8 Å². The number of nitrogens with one attached hydrogen (secondary N) is 8. The second-order valence-electron chi connectivity index (χ2n) is 28.1. The van der Waals surface area contributed by atoms with Crippen LogP contribution in [0.15, 0.2) is 24.3 Å². The Morgan fingerprint density at radius 2 is 0.698 bits per heavy atom. The number of carboxylic acids is 2. The highest BCUT2D eigenvalue weighted by Crippen LogP contribution is 2.42. The van der Waals surface area contributed by atoms with Crippen molar-refractivity contribution in [1.82, 2.24) is 49.8 Å². The number of carbonyl (C=O) groups is 4. The standard InChI is InChI=1S/C42H53N5O2.C28H39N3O6.C16H20N2O2/c1-9-27-25(7)41-42-26(8)28(10-2)36(47-42)21-37-29(11-3)30(12-4)38(45-37)22-40-32(16-14-18-49)24(6)34(44-40)20-39-31(15-13-17-48)23(5)33(43-39)19-35(27)46-41;1-5-17-18(6-2)26(28(36)37)31-22(17)14-23-19(9-7-11-32)15(3)21(29-23)13-24-20(10-8-12-33)16(4)25(30-24)27(34)35;1-5-11-9(3)15(17-13(11)7-19)16-10(4)12(6-2)14(8-20)18-16/h19-22,43-45,48-49H,9-18H2,1-8H3;29-33H,5-14H2,1-4H3,(H,34,35)(H,36,37);7-8,17-18H,5-6H2,1-4H3. The first-order valence-electron chi connectivity index (χ1n) is 38.2. The van der Waals surface area contributed by atoms with Crippen LogP contribution in [0, 0.1) is 41.5 Å². The fraction of sp³-hybridized carbons (Fsp3) is 0.442. The number of aromatic amines is 8. The fourth-order valence-corrected chi connectivity index (χ4v) is 16.5. The Morgan fingerprint density at radius 3 is 1.10 bits per heavy atom. The van der Waals surface area contributed by atoms with Crippen molar-refractivity contribution < 1.29 is 49.8 Å². The lowest BCUT2D eigenvalue weighted by molar-refractivity contribution is 0.0679. The molecular formula is C86H112N10O10. The maximum absolute atomic E-state index is 11.8. The third-order valence-electron chi connectivity index (χ3n) is 22.2. The number of aliphatic hydroxyl groups is 4. The second kappa shape index (κ2) is 35.7. The van der Waals surface area contributed by atoms with Gasteiger partial charge in [-0.05, 0) is 294 Å². The smallest absolute Gasteiger partial charge is 0.352 e. The fourth-order valence-electron chi connectivity index (χ4n) is 16.5. The molecule has 0 unspecified atom stereocenters. The van der Waals surface area contributed by atoms with Gasteiger partial charge < -0.3 is 70.5 Å². The van der Waals surface area contributed by atoms with E-state index in [4.69, 9.17) is 9.97 Å². The third kappa shape index (κ3) is 16.1. The van der Waals surface area contributed by atoms with Gasteiger partial charge in [0.1, 0.15) is 11.4 Å². The molecule has 9 aromatic rings. The summed E-state index contributed by atoms with van der Waals surface area (Å²) in [6.45, 7) is 33.9. The number of aromatic nitrogens is 10. The van der Waals surface area contributed by atoms with Gasteiger partial charge in [0, 0.05) is 95.1 Å². The maximum Gasteiger partial charge on any atom is 0.352 e. The van der Waals surface area contributed by atoms with E-state index in [0.29, 0.717) is 74.7 Å². The summed E-state index contributed by atoms with van der Waals surface area (Å²) in [5.74, 6) is -1.98. The highest BCUT2D eigenvalue weighted by Gasteiger charge is 2.28. The van der Waals surface area contributed by atoms with E-state index in [0.717, 1.165) is 210 Å². The van der Waals surface area contributed by atoms with Gasteiger partial charge >= 0.3 is 11.9 Å². The van der Waals surface area contributed by atoms with Gasteiger partial charge in [-0.1, -0.05) is 55.4 Å². The Labute approximate surface area is 622 Å². The quantitative estimate of drug-likeness (QED) is 0.0195. The van der Waals surface area contributed by atoms with Crippen LogP contribution in [0.4, 0.5) is 0 Å². The van der Waals surface area contributed by atoms with Crippen LogP contribution in [0.2, 0.25) is 0 Å². The lowest BCUT2D eigenvalue weighted by Gasteiger charge is -2.07. The Morgan fingerprint density at radius 1 is 0.349 bits per heavy atom. The largest absolute Gasteiger partial charge is 0.477 e. The molecule has 14 N–H and O–H groups in total. The molecule has 10 bridgehead atoms. The third-order valence-corrected chi connectivity index (χ3v) is 22.2. The first kappa shape index (κ1) is 80.5. The lowest BCUT2D eigenvalue weighted by atomic mass is 9.97. The number of hydrogen-bond acceptors (Lipinski definition) is 10. The molecule has 0 aliphatic carbocycles. The topological polar surface area (TPSA) is 342 Å². The Bertz CT molecular complexity index is 4980. The zero-order valence-electron chi connectivity index (χ0n) is 65.2. The van der Waals surface area contributed by atoms with Crippen molar-refractivity contribution in [2.45, 2.75) is 226 Å². The maximum atomic E-state index is 11.8. The number of hydrogen-bond donors (Lipinski definition) is 14. The molecule has 20 nitrogen and oxygen atoms in total. The molecular weight excluding hydrogens is 1330 g/mol. The van der Waals surface area contributed by atoms with E-state index in [2.05, 4.69) is 120 Å². The predicted molar refractivity (Wildman–Crippen MR) is 427 cm³/mol. The molecule has 2 aliphatic heterocycles. The number of rotatable bonds is 29. The Kier molecular flexibility index (Phi) is 27.1. The molecule has 20 heteroatoms. The number of aromatic carboxylic acids is 2. The highest BCUT2D eigenvalue weighted by molar-refractivity contribution is 6.00. The molecule has 0 spiro atoms. The summed E-state index contributed by atoms with van der Waals surface area (Å²) >= 11 is 0. The number of carboxylic acid groups (broad SMARTS) is 2. The number of aryl methyl sites for hydroxylation is 6. The van der Waals surface area contributed by atoms with Crippen molar-refractivity contribution in [3.8, 4) is 11.4 Å². The van der Waals surface area contributed by atoms with Gasteiger partial charge in [-0.2, -0.15) is 0 Å². The zero-order valence-corrected chi connectivity index (χ0v) is 65.2. The zero-order chi connectivity index (χ0) is 77.1. The molecule has 11 rings (SSSR count). The summed E-state index contributed by atoms with van der Waals surface area (Å²) in [6, 6.07) is 8.96. The minimum Gasteiger partial charge on any atom is -0.477 e. The number of nitrogens with zero attached hydrogens (tertiary/aromatic N) is 2. The number of fused-ring (bicyclic) bond motifs is 11. The van der Waals surface area contributed by atoms with Gasteiger partial charge in [0.05, 0.1) is 45.6 Å². The van der Waals surface area contributed by atoms with Crippen molar-refractivity contribution in [2.75, 3.05) is 26.4 Å². The summed E-state index contributed by atoms with van der Waals surface area (Å²) in [7, 11) is 0. The first-order valence-corrected chi connectivity index (χ1v) is 38.2. The Hall–Kier alpha value is -9.60. The van der Waals surface area contributed by atoms with Gasteiger partial charge in [-0.25, -0.2) is 19.6 Å². The lowest BCUT2D eigenvalue weighted by Crippen LogP contribution is -2.01. The molecule has 0 atom stereocenters. The summed E-state index contributed by atoms with van der Waals surface area (Å²) in [6.07, 6.45) is 14.6. The minimum absolute atomic E-state index is 0.0252. The van der Waals surface area contributed by atoms with Crippen molar-refractivity contribution >= 4 is 79.9 Å². The minimum atomic E-state index is -1.01. The van der Waals surface area contributed by atoms with E-state index in [9.17, 15) is 49.8 Å². The van der Waals surface area contributed by atoms with Gasteiger partial charge in [0.15, 0.2) is 12.6 Å². The van der Waals surface area contributed by atoms with Crippen molar-refractivity contribution in [1.29, 1.82) is 0 Å². The van der Waals surface area contributed by atoms with Crippen molar-refractivity contribution in [2.24, 2.45) is 0 Å². The van der Waals surface area contributed by atoms with E-state index in [1.807, 2.05) is 48.5 Å². The van der Waals surface area contributed by atoms with Gasteiger partial charge in [-0.15, -0.1) is 0 Å². The number of aliphatic hydroxyl groups excluding tert-OH is 4. The molecule has 106 heavy (non-hydrogen) atoms. The van der Waals surface area contributed by atoms with E-state index < -0.39 is 11.9 Å². The highest BCUT2D eigenvalue weighted by atomic mass is 16.4. The molecule has 566 valence electrons. The van der Waals surface area contributed by atoms with Crippen LogP contribution in [-0.4, -0.2) is 131 Å². The molecule has 0 fully saturated rings. The summed E-state index contributed by atoms with van der Waals surface area (Å²) in [5.41, 5.74) is 39.7. The Balaban J connectivity index is 0.000000200. The van der Waals surface area contributed by atoms with Gasteiger partial charge in [0.2, 0.25) is 0 Å². The monoisotopic (exact) mass is 1440 g/mol. The average Bonchev–Trinajstić information content (AvgIpc) is 1.61. The molecule has 0 amide bonds. The number of H-pyrrole nitrogens is 8.